The van der Waals surface area contributed by atoms with Crippen molar-refractivity contribution in [2.24, 2.45) is 0 Å². The van der Waals surface area contributed by atoms with Gasteiger partial charge in [-0.1, -0.05) is 12.1 Å². The third-order valence-corrected chi connectivity index (χ3v) is 2.48. The van der Waals surface area contributed by atoms with Gasteiger partial charge < -0.3 is 15.2 Å². The van der Waals surface area contributed by atoms with Crippen LogP contribution in [-0.2, 0) is 4.74 Å². The van der Waals surface area contributed by atoms with Crippen LogP contribution in [0, 0.1) is 0 Å². The van der Waals surface area contributed by atoms with E-state index in [4.69, 9.17) is 5.11 Å². The minimum absolute atomic E-state index is 0.0168. The maximum atomic E-state index is 11.6. The third-order valence-electron chi connectivity index (χ3n) is 2.48. The van der Waals surface area contributed by atoms with Crippen LogP contribution >= 0.6 is 0 Å². The zero-order valence-electron chi connectivity index (χ0n) is 10.5. The molecule has 2 N–H and O–H groups in total. The van der Waals surface area contributed by atoms with Crippen molar-refractivity contribution < 1.29 is 19.4 Å². The molecule has 7 nitrogen and oxygen atoms in total. The summed E-state index contributed by atoms with van der Waals surface area (Å²) < 4.78 is 4.67. The van der Waals surface area contributed by atoms with Crippen LogP contribution in [0.25, 0.3) is 0 Å². The lowest BCUT2D eigenvalue weighted by molar-refractivity contribution is 0.0601. The molecule has 1 aromatic carbocycles. The molecule has 0 spiro atoms. The van der Waals surface area contributed by atoms with Gasteiger partial charge in [0.2, 0.25) is 5.95 Å². The molecule has 102 valence electrons. The summed E-state index contributed by atoms with van der Waals surface area (Å²) in [6, 6.07) is 6.70. The normalized spacial score (nSPS) is 9.85. The summed E-state index contributed by atoms with van der Waals surface area (Å²) in [5.74, 6) is -1.41. The Kier molecular flexibility index (Phi) is 3.90. The third kappa shape index (κ3) is 2.89. The van der Waals surface area contributed by atoms with E-state index in [-0.39, 0.29) is 11.5 Å². The number of carbonyl (C=O) groups excluding carboxylic acids is 1. The van der Waals surface area contributed by atoms with E-state index in [1.54, 1.807) is 24.3 Å². The lowest BCUT2D eigenvalue weighted by atomic mass is 10.2. The van der Waals surface area contributed by atoms with E-state index in [0.29, 0.717) is 11.3 Å². The van der Waals surface area contributed by atoms with Gasteiger partial charge in [0, 0.05) is 12.4 Å². The van der Waals surface area contributed by atoms with Crippen molar-refractivity contribution in [2.45, 2.75) is 0 Å². The number of aromatic carboxylic acids is 1. The van der Waals surface area contributed by atoms with Crippen molar-refractivity contribution in [1.29, 1.82) is 0 Å². The van der Waals surface area contributed by atoms with Gasteiger partial charge in [0.05, 0.1) is 23.9 Å². The Morgan fingerprint density at radius 1 is 1.20 bits per heavy atom. The molecule has 0 amide bonds. The van der Waals surface area contributed by atoms with Gasteiger partial charge in [0.1, 0.15) is 0 Å². The molecule has 20 heavy (non-hydrogen) atoms. The van der Waals surface area contributed by atoms with Crippen LogP contribution in [-0.4, -0.2) is 34.1 Å². The van der Waals surface area contributed by atoms with E-state index >= 15 is 0 Å². The number of aromatic nitrogens is 2. The second-order valence-electron chi connectivity index (χ2n) is 3.76. The van der Waals surface area contributed by atoms with Gasteiger partial charge in [0.15, 0.2) is 0 Å². The zero-order chi connectivity index (χ0) is 14.5. The first-order chi connectivity index (χ1) is 9.61. The fraction of sp³-hybridized carbons (Fsp3) is 0.0769. The largest absolute Gasteiger partial charge is 0.478 e. The number of para-hydroxylation sites is 1. The summed E-state index contributed by atoms with van der Waals surface area (Å²) in [6.45, 7) is 0. The molecule has 2 rings (SSSR count). The Bertz CT molecular complexity index is 640. The molecule has 0 fully saturated rings. The number of carbonyl (C=O) groups is 2. The predicted molar refractivity (Wildman–Crippen MR) is 70.1 cm³/mol. The molecule has 2 aromatic rings. The molecule has 7 heteroatoms. The van der Waals surface area contributed by atoms with E-state index in [1.165, 1.54) is 19.5 Å². The number of nitrogens with one attached hydrogen (secondary N) is 1. The molecule has 0 unspecified atom stereocenters. The van der Waals surface area contributed by atoms with Gasteiger partial charge in [-0.2, -0.15) is 0 Å². The van der Waals surface area contributed by atoms with E-state index in [0.717, 1.165) is 0 Å². The Hall–Kier alpha value is -2.96. The Balaban J connectivity index is 2.26. The van der Waals surface area contributed by atoms with Crippen LogP contribution in [0.15, 0.2) is 36.7 Å². The maximum absolute atomic E-state index is 11.6. The van der Waals surface area contributed by atoms with Gasteiger partial charge in [-0.15, -0.1) is 0 Å². The Morgan fingerprint density at radius 3 is 2.45 bits per heavy atom. The van der Waals surface area contributed by atoms with Crippen LogP contribution in [0.2, 0.25) is 0 Å². The smallest absolute Gasteiger partial charge is 0.339 e. The minimum atomic E-state index is -1.11. The minimum Gasteiger partial charge on any atom is -0.478 e. The molecule has 0 saturated carbocycles. The van der Waals surface area contributed by atoms with E-state index in [9.17, 15) is 9.59 Å². The van der Waals surface area contributed by atoms with Crippen molar-refractivity contribution >= 4 is 23.6 Å². The molecule has 1 aromatic heterocycles. The quantitative estimate of drug-likeness (QED) is 0.817. The first-order valence-electron chi connectivity index (χ1n) is 5.61. The highest BCUT2D eigenvalue weighted by molar-refractivity contribution is 5.96. The van der Waals surface area contributed by atoms with Gasteiger partial charge in [-0.25, -0.2) is 19.6 Å². The number of methoxy groups -OCH3 is 1. The first-order valence-corrected chi connectivity index (χ1v) is 5.61. The highest BCUT2D eigenvalue weighted by atomic mass is 16.5. The van der Waals surface area contributed by atoms with Crippen molar-refractivity contribution in [3.63, 3.8) is 0 Å². The molecular formula is C13H11N3O4. The van der Waals surface area contributed by atoms with Crippen molar-refractivity contribution in [2.75, 3.05) is 12.4 Å². The van der Waals surface area contributed by atoms with Crippen LogP contribution in [0.3, 0.4) is 0 Å². The molecule has 0 atom stereocenters. The average molecular weight is 273 g/mol. The number of esters is 1. The number of ether oxygens (including phenoxy) is 1. The number of anilines is 2. The summed E-state index contributed by atoms with van der Waals surface area (Å²) in [7, 11) is 1.29. The molecule has 0 saturated heterocycles. The molecule has 0 radical (unpaired) electrons. The summed E-state index contributed by atoms with van der Waals surface area (Å²) in [4.78, 5) is 30.0. The topological polar surface area (TPSA) is 101 Å². The van der Waals surface area contributed by atoms with E-state index in [1.807, 2.05) is 0 Å². The lowest BCUT2D eigenvalue weighted by Crippen LogP contribution is -2.07. The van der Waals surface area contributed by atoms with Gasteiger partial charge >= 0.3 is 11.9 Å². The Labute approximate surface area is 114 Å². The highest BCUT2D eigenvalue weighted by Crippen LogP contribution is 2.19. The number of nitrogens with zero attached hydrogens (tertiary/aromatic N) is 2. The second kappa shape index (κ2) is 5.79. The fourth-order valence-electron chi connectivity index (χ4n) is 1.50. The van der Waals surface area contributed by atoms with Gasteiger partial charge in [-0.05, 0) is 12.1 Å². The number of carboxylic acid groups (broad SMARTS) is 1. The first kappa shape index (κ1) is 13.5. The molecule has 0 aliphatic carbocycles. The summed E-state index contributed by atoms with van der Waals surface area (Å²) in [5.41, 5.74) is 0.792. The van der Waals surface area contributed by atoms with Crippen LogP contribution in [0.1, 0.15) is 20.7 Å². The molecule has 0 bridgehead atoms. The summed E-state index contributed by atoms with van der Waals surface area (Å²) in [6.07, 6.45) is 2.36. The number of benzene rings is 1. The van der Waals surface area contributed by atoms with Crippen LogP contribution in [0.5, 0.6) is 0 Å². The fourth-order valence-corrected chi connectivity index (χ4v) is 1.50. The lowest BCUT2D eigenvalue weighted by Gasteiger charge is -2.09. The molecule has 0 aliphatic rings. The maximum Gasteiger partial charge on any atom is 0.339 e. The zero-order valence-corrected chi connectivity index (χ0v) is 10.5. The number of hydrogen-bond acceptors (Lipinski definition) is 6. The van der Waals surface area contributed by atoms with Crippen LogP contribution in [0.4, 0.5) is 11.6 Å². The molecule has 0 aliphatic heterocycles. The van der Waals surface area contributed by atoms with Crippen molar-refractivity contribution in [3.05, 3.63) is 47.8 Å². The predicted octanol–water partition coefficient (Wildman–Crippen LogP) is 1.70. The van der Waals surface area contributed by atoms with Gasteiger partial charge in [0.25, 0.3) is 0 Å². The monoisotopic (exact) mass is 273 g/mol. The van der Waals surface area contributed by atoms with E-state index in [2.05, 4.69) is 20.0 Å². The van der Waals surface area contributed by atoms with Crippen LogP contribution < -0.4 is 5.32 Å². The highest BCUT2D eigenvalue weighted by Gasteiger charge is 2.12. The van der Waals surface area contributed by atoms with Crippen molar-refractivity contribution in [1.82, 2.24) is 9.97 Å². The van der Waals surface area contributed by atoms with E-state index < -0.39 is 11.9 Å². The second-order valence-corrected chi connectivity index (χ2v) is 3.76. The number of rotatable bonds is 4. The Morgan fingerprint density at radius 2 is 1.85 bits per heavy atom. The van der Waals surface area contributed by atoms with Crippen molar-refractivity contribution in [3.8, 4) is 0 Å². The standard InChI is InChI=1S/C13H11N3O4/c1-20-12(19)9-4-2-3-5-10(9)16-13-14-6-8(7-15-13)11(17)18/h2-7H,1H3,(H,17,18)(H,14,15,16). The summed E-state index contributed by atoms with van der Waals surface area (Å²) in [5, 5.41) is 11.6. The summed E-state index contributed by atoms with van der Waals surface area (Å²) >= 11 is 0. The number of hydrogen-bond donors (Lipinski definition) is 2. The SMILES string of the molecule is COC(=O)c1ccccc1Nc1ncc(C(=O)O)cn1. The molecule has 1 heterocycles. The van der Waals surface area contributed by atoms with Gasteiger partial charge in [-0.3, -0.25) is 0 Å². The number of carboxylic acids is 1. The average Bonchev–Trinajstić information content (AvgIpc) is 2.47. The molecular weight excluding hydrogens is 262 g/mol.